The molecule has 0 aliphatic heterocycles. The van der Waals surface area contributed by atoms with E-state index in [0.717, 1.165) is 21.1 Å². The largest absolute Gasteiger partial charge is 0.497 e. The van der Waals surface area contributed by atoms with Crippen molar-refractivity contribution in [2.45, 2.75) is 0 Å². The van der Waals surface area contributed by atoms with Crippen LogP contribution in [0, 0.1) is 0 Å². The zero-order valence-corrected chi connectivity index (χ0v) is 25.6. The van der Waals surface area contributed by atoms with Gasteiger partial charge in [0.1, 0.15) is 27.2 Å². The van der Waals surface area contributed by atoms with E-state index in [1.165, 1.54) is 36.9 Å². The topological polar surface area (TPSA) is 139 Å². The lowest BCUT2D eigenvalue weighted by molar-refractivity contribution is 0.102. The van der Waals surface area contributed by atoms with Crippen LogP contribution in [0.3, 0.4) is 0 Å². The van der Waals surface area contributed by atoms with E-state index in [1.807, 2.05) is 29.6 Å². The molecular weight excluding hydrogens is 590 g/mol. The molecule has 222 valence electrons. The molecule has 4 N–H and O–H groups in total. The Morgan fingerprint density at radius 1 is 0.814 bits per heavy atom. The first kappa shape index (κ1) is 29.5. The number of ether oxygens (including phenoxy) is 5. The molecule has 0 atom stereocenters. The van der Waals surface area contributed by atoms with E-state index in [-0.39, 0.29) is 5.91 Å². The number of carbonyl (C=O) groups excluding carboxylic acids is 1. The second-order valence-electron chi connectivity index (χ2n) is 8.95. The zero-order chi connectivity index (χ0) is 30.5. The Labute approximate surface area is 256 Å². The van der Waals surface area contributed by atoms with E-state index in [4.69, 9.17) is 34.4 Å². The van der Waals surface area contributed by atoms with Crippen LogP contribution in [0.5, 0.6) is 28.7 Å². The average molecular weight is 620 g/mol. The van der Waals surface area contributed by atoms with Crippen molar-refractivity contribution in [3.63, 3.8) is 0 Å². The van der Waals surface area contributed by atoms with Crippen LogP contribution in [0.4, 0.5) is 22.3 Å². The molecular formula is C30H29N5O6S2. The highest BCUT2D eigenvalue weighted by molar-refractivity contribution is 7.23. The van der Waals surface area contributed by atoms with Crippen molar-refractivity contribution in [3.8, 4) is 49.9 Å². The number of hydrogen-bond acceptors (Lipinski definition) is 12. The van der Waals surface area contributed by atoms with Gasteiger partial charge in [0.05, 0.1) is 41.2 Å². The Bertz CT molecular complexity index is 1720. The Balaban J connectivity index is 1.34. The summed E-state index contributed by atoms with van der Waals surface area (Å²) in [6.07, 6.45) is 0. The van der Waals surface area contributed by atoms with Gasteiger partial charge in [0.15, 0.2) is 16.6 Å². The van der Waals surface area contributed by atoms with Gasteiger partial charge >= 0.3 is 0 Å². The number of aromatic nitrogens is 2. The van der Waals surface area contributed by atoms with Crippen molar-refractivity contribution in [2.24, 2.45) is 0 Å². The molecule has 0 saturated carbocycles. The number of carbonyl (C=O) groups is 1. The zero-order valence-electron chi connectivity index (χ0n) is 24.0. The highest BCUT2D eigenvalue weighted by atomic mass is 32.1. The van der Waals surface area contributed by atoms with Crippen LogP contribution < -0.4 is 40.1 Å². The number of nitrogen functional groups attached to an aromatic ring is 1. The third kappa shape index (κ3) is 6.42. The maximum atomic E-state index is 13.0. The van der Waals surface area contributed by atoms with E-state index in [9.17, 15) is 4.79 Å². The smallest absolute Gasteiger partial charge is 0.255 e. The fraction of sp³-hybridized carbons (Fsp3) is 0.167. The van der Waals surface area contributed by atoms with Crippen LogP contribution in [0.1, 0.15) is 10.4 Å². The van der Waals surface area contributed by atoms with Gasteiger partial charge in [0.25, 0.3) is 5.91 Å². The number of anilines is 4. The van der Waals surface area contributed by atoms with Crippen LogP contribution in [0.25, 0.3) is 21.1 Å². The number of methoxy groups -OCH3 is 5. The first-order valence-corrected chi connectivity index (χ1v) is 14.5. The molecule has 0 radical (unpaired) electrons. The Hall–Kier alpha value is -5.01. The number of benzene rings is 3. The van der Waals surface area contributed by atoms with Gasteiger partial charge < -0.3 is 40.1 Å². The predicted molar refractivity (Wildman–Crippen MR) is 170 cm³/mol. The number of nitrogens with zero attached hydrogens (tertiary/aromatic N) is 2. The molecule has 0 saturated heterocycles. The van der Waals surface area contributed by atoms with Gasteiger partial charge in [-0.25, -0.2) is 9.97 Å². The molecule has 2 aromatic heterocycles. The van der Waals surface area contributed by atoms with Gasteiger partial charge in [-0.2, -0.15) is 0 Å². The van der Waals surface area contributed by atoms with Crippen molar-refractivity contribution in [1.29, 1.82) is 0 Å². The molecule has 3 aromatic carbocycles. The summed E-state index contributed by atoms with van der Waals surface area (Å²) >= 11 is 2.83. The summed E-state index contributed by atoms with van der Waals surface area (Å²) in [6.45, 7) is 0. The fourth-order valence-electron chi connectivity index (χ4n) is 4.22. The number of hydrogen-bond donors (Lipinski definition) is 3. The number of amides is 1. The number of thiazole rings is 2. The van der Waals surface area contributed by atoms with Crippen LogP contribution in [0.2, 0.25) is 0 Å². The maximum absolute atomic E-state index is 13.0. The normalized spacial score (nSPS) is 10.6. The van der Waals surface area contributed by atoms with Gasteiger partial charge in [-0.1, -0.05) is 23.5 Å². The molecule has 0 spiro atoms. The average Bonchev–Trinajstić information content (AvgIpc) is 3.66. The Morgan fingerprint density at radius 2 is 1.51 bits per heavy atom. The van der Waals surface area contributed by atoms with Crippen molar-refractivity contribution >= 4 is 50.9 Å². The Kier molecular flexibility index (Phi) is 8.83. The van der Waals surface area contributed by atoms with Crippen molar-refractivity contribution in [3.05, 3.63) is 65.5 Å². The van der Waals surface area contributed by atoms with Gasteiger partial charge in [-0.15, -0.1) is 11.3 Å². The molecule has 5 rings (SSSR count). The fourth-order valence-corrected chi connectivity index (χ4v) is 6.06. The summed E-state index contributed by atoms with van der Waals surface area (Å²) in [6, 6.07) is 16.0. The second kappa shape index (κ2) is 12.9. The van der Waals surface area contributed by atoms with Gasteiger partial charge in [0.2, 0.25) is 5.75 Å². The second-order valence-corrected chi connectivity index (χ2v) is 10.8. The number of nitrogens with one attached hydrogen (secondary N) is 2. The molecule has 0 aliphatic carbocycles. The van der Waals surface area contributed by atoms with Crippen LogP contribution in [-0.4, -0.2) is 51.4 Å². The molecule has 0 fully saturated rings. The number of rotatable bonds is 11. The van der Waals surface area contributed by atoms with Gasteiger partial charge in [0, 0.05) is 46.1 Å². The molecule has 0 unspecified atom stereocenters. The summed E-state index contributed by atoms with van der Waals surface area (Å²) in [5.41, 5.74) is 9.60. The summed E-state index contributed by atoms with van der Waals surface area (Å²) in [4.78, 5) is 23.0. The van der Waals surface area contributed by atoms with E-state index in [1.54, 1.807) is 51.7 Å². The highest BCUT2D eigenvalue weighted by Crippen LogP contribution is 2.43. The molecule has 5 aromatic rings. The van der Waals surface area contributed by atoms with Crippen molar-refractivity contribution < 1.29 is 28.5 Å². The molecule has 11 nitrogen and oxygen atoms in total. The van der Waals surface area contributed by atoms with Crippen LogP contribution in [0.15, 0.2) is 60.0 Å². The molecule has 1 amide bonds. The third-order valence-electron chi connectivity index (χ3n) is 6.30. The quantitative estimate of drug-likeness (QED) is 0.149. The summed E-state index contributed by atoms with van der Waals surface area (Å²) < 4.78 is 26.8. The molecule has 0 bridgehead atoms. The maximum Gasteiger partial charge on any atom is 0.255 e. The minimum Gasteiger partial charge on any atom is -0.497 e. The lowest BCUT2D eigenvalue weighted by Gasteiger charge is -2.14. The Morgan fingerprint density at radius 3 is 2.14 bits per heavy atom. The summed E-state index contributed by atoms with van der Waals surface area (Å²) in [5.74, 6) is 2.64. The van der Waals surface area contributed by atoms with Gasteiger partial charge in [-0.05, 0) is 24.3 Å². The standard InChI is InChI=1S/C30H29N5O6S2/c1-37-20-10-17(11-21(14-20)38-2)28(36)32-18-8-6-7-16(9-18)22-15-42-29(34-22)26-27(31)35-30(43-26)33-19-12-23(39-3)25(41-5)24(13-19)40-4/h6-15H,31H2,1-5H3,(H,32,36)(H,33,35). The highest BCUT2D eigenvalue weighted by Gasteiger charge is 2.18. The first-order chi connectivity index (χ1) is 20.8. The SMILES string of the molecule is COc1cc(OC)cc(C(=O)Nc2cccc(-c3csc(-c4sc(Nc5cc(OC)c(OC)c(OC)c5)nc4N)n3)c2)c1. The lowest BCUT2D eigenvalue weighted by Crippen LogP contribution is -2.12. The lowest BCUT2D eigenvalue weighted by atomic mass is 10.1. The van der Waals surface area contributed by atoms with E-state index >= 15 is 0 Å². The molecule has 43 heavy (non-hydrogen) atoms. The van der Waals surface area contributed by atoms with Crippen molar-refractivity contribution in [1.82, 2.24) is 9.97 Å². The van der Waals surface area contributed by atoms with Crippen molar-refractivity contribution in [2.75, 3.05) is 51.9 Å². The monoisotopic (exact) mass is 619 g/mol. The van der Waals surface area contributed by atoms with Crippen LogP contribution in [-0.2, 0) is 0 Å². The summed E-state index contributed by atoms with van der Waals surface area (Å²) in [7, 11) is 7.74. The number of nitrogens with two attached hydrogens (primary N) is 1. The molecule has 2 heterocycles. The third-order valence-corrected chi connectivity index (χ3v) is 8.28. The summed E-state index contributed by atoms with van der Waals surface area (Å²) in [5, 5.41) is 9.44. The minimum atomic E-state index is -0.294. The van der Waals surface area contributed by atoms with Crippen LogP contribution >= 0.6 is 22.7 Å². The van der Waals surface area contributed by atoms with Gasteiger partial charge in [-0.3, -0.25) is 4.79 Å². The molecule has 0 aliphatic rings. The first-order valence-electron chi connectivity index (χ1n) is 12.8. The van der Waals surface area contributed by atoms with E-state index in [0.29, 0.717) is 56.6 Å². The predicted octanol–water partition coefficient (Wildman–Crippen LogP) is 6.55. The molecule has 13 heteroatoms. The van der Waals surface area contributed by atoms with E-state index < -0.39 is 0 Å². The van der Waals surface area contributed by atoms with E-state index in [2.05, 4.69) is 15.6 Å². The minimum absolute atomic E-state index is 0.294.